The van der Waals surface area contributed by atoms with E-state index in [2.05, 4.69) is 10.3 Å². The van der Waals surface area contributed by atoms with Gasteiger partial charge in [0.1, 0.15) is 18.2 Å². The maximum atomic E-state index is 12.9. The number of rotatable bonds is 9. The molecule has 8 heteroatoms. The molecule has 158 valence electrons. The van der Waals surface area contributed by atoms with Crippen LogP contribution in [0.5, 0.6) is 5.75 Å². The minimum Gasteiger partial charge on any atom is -0.492 e. The minimum absolute atomic E-state index is 0.290. The Bertz CT molecular complexity index is 898. The van der Waals surface area contributed by atoms with Crippen LogP contribution in [0.3, 0.4) is 0 Å². The van der Waals surface area contributed by atoms with Crippen LogP contribution in [-0.2, 0) is 16.3 Å². The van der Waals surface area contributed by atoms with Gasteiger partial charge in [-0.3, -0.25) is 4.99 Å². The highest BCUT2D eigenvalue weighted by Gasteiger charge is 2.07. The van der Waals surface area contributed by atoms with Gasteiger partial charge in [-0.15, -0.1) is 0 Å². The molecule has 0 aliphatic carbocycles. The van der Waals surface area contributed by atoms with Crippen LogP contribution in [0.25, 0.3) is 0 Å². The number of nitrogens with zero attached hydrogens (tertiary/aromatic N) is 2. The topological polar surface area (TPSA) is 71.0 Å². The first-order valence-corrected chi connectivity index (χ1v) is 11.4. The maximum absolute atomic E-state index is 12.9. The Labute approximate surface area is 172 Å². The lowest BCUT2D eigenvalue weighted by molar-refractivity contribution is 0.281. The summed E-state index contributed by atoms with van der Waals surface area (Å²) in [5.41, 5.74) is 1.03. The number of benzene rings is 2. The quantitative estimate of drug-likeness (QED) is 0.498. The third-order valence-corrected chi connectivity index (χ3v) is 5.35. The number of nitrogens with one attached hydrogen (secondary N) is 1. The van der Waals surface area contributed by atoms with E-state index < -0.39 is 9.84 Å². The first-order chi connectivity index (χ1) is 13.8. The lowest BCUT2D eigenvalue weighted by Crippen LogP contribution is -2.41. The van der Waals surface area contributed by atoms with E-state index in [0.29, 0.717) is 36.8 Å². The van der Waals surface area contributed by atoms with Crippen molar-refractivity contribution in [2.24, 2.45) is 4.99 Å². The van der Waals surface area contributed by atoms with Crippen LogP contribution < -0.4 is 10.1 Å². The van der Waals surface area contributed by atoms with Crippen molar-refractivity contribution in [3.8, 4) is 5.75 Å². The molecular weight excluding hydrogens is 393 g/mol. The Kier molecular flexibility index (Phi) is 8.45. The monoisotopic (exact) mass is 421 g/mol. The van der Waals surface area contributed by atoms with Crippen LogP contribution in [0.4, 0.5) is 4.39 Å². The van der Waals surface area contributed by atoms with Crippen molar-refractivity contribution in [3.05, 3.63) is 59.9 Å². The lowest BCUT2D eigenvalue weighted by atomic mass is 10.1. The zero-order valence-electron chi connectivity index (χ0n) is 17.1. The number of sulfone groups is 1. The molecule has 0 fully saturated rings. The summed E-state index contributed by atoms with van der Waals surface area (Å²) in [7, 11) is -1.25. The van der Waals surface area contributed by atoms with Crippen LogP contribution in [-0.4, -0.2) is 58.8 Å². The van der Waals surface area contributed by atoms with Gasteiger partial charge in [0.05, 0.1) is 11.4 Å². The molecular formula is C21H28FN3O3S. The van der Waals surface area contributed by atoms with Gasteiger partial charge < -0.3 is 15.0 Å². The van der Waals surface area contributed by atoms with E-state index in [9.17, 15) is 12.8 Å². The van der Waals surface area contributed by atoms with Gasteiger partial charge in [-0.1, -0.05) is 12.1 Å². The molecule has 0 heterocycles. The first kappa shape index (κ1) is 22.7. The lowest BCUT2D eigenvalue weighted by Gasteiger charge is -2.22. The molecule has 0 unspecified atom stereocenters. The minimum atomic E-state index is -3.18. The second-order valence-corrected chi connectivity index (χ2v) is 8.64. The van der Waals surface area contributed by atoms with Crippen LogP contribution in [0.15, 0.2) is 58.4 Å². The number of ether oxygens (including phenoxy) is 1. The molecule has 2 aromatic rings. The van der Waals surface area contributed by atoms with Gasteiger partial charge in [-0.2, -0.15) is 0 Å². The molecule has 2 rings (SSSR count). The zero-order chi connectivity index (χ0) is 21.3. The van der Waals surface area contributed by atoms with Gasteiger partial charge in [0, 0.05) is 26.4 Å². The number of hydrogen-bond acceptors (Lipinski definition) is 4. The summed E-state index contributed by atoms with van der Waals surface area (Å²) in [5.74, 6) is 1.10. The highest BCUT2D eigenvalue weighted by molar-refractivity contribution is 7.90. The summed E-state index contributed by atoms with van der Waals surface area (Å²) in [6.45, 7) is 4.38. The molecule has 2 aromatic carbocycles. The van der Waals surface area contributed by atoms with Crippen LogP contribution in [0.1, 0.15) is 12.5 Å². The molecule has 0 radical (unpaired) electrons. The van der Waals surface area contributed by atoms with Crippen molar-refractivity contribution < 1.29 is 17.5 Å². The van der Waals surface area contributed by atoms with E-state index in [1.165, 1.54) is 18.4 Å². The molecule has 1 N–H and O–H groups in total. The van der Waals surface area contributed by atoms with Crippen molar-refractivity contribution in [1.82, 2.24) is 10.2 Å². The second kappa shape index (κ2) is 10.8. The summed E-state index contributed by atoms with van der Waals surface area (Å²) in [4.78, 5) is 6.92. The Morgan fingerprint density at radius 2 is 1.79 bits per heavy atom. The van der Waals surface area contributed by atoms with Crippen molar-refractivity contribution in [1.29, 1.82) is 0 Å². The average Bonchev–Trinajstić information content (AvgIpc) is 2.68. The zero-order valence-corrected chi connectivity index (χ0v) is 17.9. The SMILES string of the molecule is CCNC(=NCCc1ccc(S(C)(=O)=O)cc1)N(C)CCOc1ccc(F)cc1. The maximum Gasteiger partial charge on any atom is 0.193 e. The normalized spacial score (nSPS) is 11.9. The van der Waals surface area contributed by atoms with E-state index in [-0.39, 0.29) is 5.82 Å². The number of guanidine groups is 1. The summed E-state index contributed by atoms with van der Waals surface area (Å²) in [6.07, 6.45) is 1.91. The molecule has 0 aromatic heterocycles. The molecule has 0 atom stereocenters. The highest BCUT2D eigenvalue weighted by atomic mass is 32.2. The van der Waals surface area contributed by atoms with Gasteiger partial charge in [0.2, 0.25) is 0 Å². The fourth-order valence-electron chi connectivity index (χ4n) is 2.60. The summed E-state index contributed by atoms with van der Waals surface area (Å²) < 4.78 is 41.6. The Balaban J connectivity index is 1.86. The Morgan fingerprint density at radius 1 is 1.14 bits per heavy atom. The number of halogens is 1. The summed E-state index contributed by atoms with van der Waals surface area (Å²) in [5, 5.41) is 3.25. The van der Waals surface area contributed by atoms with E-state index in [1.54, 1.807) is 24.3 Å². The third-order valence-electron chi connectivity index (χ3n) is 4.22. The third kappa shape index (κ3) is 7.73. The fourth-order valence-corrected chi connectivity index (χ4v) is 3.23. The molecule has 0 saturated heterocycles. The molecule has 0 spiro atoms. The Morgan fingerprint density at radius 3 is 2.38 bits per heavy atom. The molecule has 0 bridgehead atoms. The largest absolute Gasteiger partial charge is 0.492 e. The standard InChI is InChI=1S/C21H28FN3O3S/c1-4-23-21(25(2)15-16-28-19-9-7-18(22)8-10-19)24-14-13-17-5-11-20(12-6-17)29(3,26)27/h5-12H,4,13-16H2,1-3H3,(H,23,24). The van der Waals surface area contributed by atoms with Crippen LogP contribution in [0.2, 0.25) is 0 Å². The van der Waals surface area contributed by atoms with Crippen molar-refractivity contribution in [3.63, 3.8) is 0 Å². The Hall–Kier alpha value is -2.61. The van der Waals surface area contributed by atoms with Crippen molar-refractivity contribution in [2.45, 2.75) is 18.2 Å². The van der Waals surface area contributed by atoms with E-state index in [4.69, 9.17) is 4.74 Å². The van der Waals surface area contributed by atoms with Crippen LogP contribution >= 0.6 is 0 Å². The highest BCUT2D eigenvalue weighted by Crippen LogP contribution is 2.12. The summed E-state index contributed by atoms with van der Waals surface area (Å²) in [6, 6.07) is 12.8. The summed E-state index contributed by atoms with van der Waals surface area (Å²) >= 11 is 0. The van der Waals surface area contributed by atoms with Gasteiger partial charge in [-0.25, -0.2) is 12.8 Å². The average molecular weight is 422 g/mol. The van der Waals surface area contributed by atoms with Gasteiger partial charge in [0.15, 0.2) is 15.8 Å². The molecule has 0 amide bonds. The van der Waals surface area contributed by atoms with E-state index in [1.807, 2.05) is 31.0 Å². The van der Waals surface area contributed by atoms with Gasteiger partial charge in [-0.05, 0) is 55.3 Å². The van der Waals surface area contributed by atoms with Crippen molar-refractivity contribution in [2.75, 3.05) is 39.5 Å². The van der Waals surface area contributed by atoms with Crippen LogP contribution in [0, 0.1) is 5.82 Å². The van der Waals surface area contributed by atoms with Gasteiger partial charge >= 0.3 is 0 Å². The molecule has 0 aliphatic heterocycles. The molecule has 0 saturated carbocycles. The van der Waals surface area contributed by atoms with Gasteiger partial charge in [0.25, 0.3) is 0 Å². The fraction of sp³-hybridized carbons (Fsp3) is 0.381. The molecule has 0 aliphatic rings. The second-order valence-electron chi connectivity index (χ2n) is 6.63. The number of hydrogen-bond donors (Lipinski definition) is 1. The predicted molar refractivity (Wildman–Crippen MR) is 114 cm³/mol. The predicted octanol–water partition coefficient (Wildman–Crippen LogP) is 2.75. The smallest absolute Gasteiger partial charge is 0.193 e. The number of likely N-dealkylation sites (N-methyl/N-ethyl adjacent to an activating group) is 1. The molecule has 6 nitrogen and oxygen atoms in total. The first-order valence-electron chi connectivity index (χ1n) is 9.46. The molecule has 29 heavy (non-hydrogen) atoms. The van der Waals surface area contributed by atoms with E-state index >= 15 is 0 Å². The van der Waals surface area contributed by atoms with Crippen molar-refractivity contribution >= 4 is 15.8 Å². The number of aliphatic imine (C=N–C) groups is 1. The van der Waals surface area contributed by atoms with E-state index in [0.717, 1.165) is 18.1 Å².